The lowest BCUT2D eigenvalue weighted by Crippen LogP contribution is -2.50. The molecule has 1 N–H and O–H groups in total. The number of hydrogen-bond acceptors (Lipinski definition) is 4. The van der Waals surface area contributed by atoms with Gasteiger partial charge in [0.25, 0.3) is 0 Å². The molecule has 2 atom stereocenters. The van der Waals surface area contributed by atoms with Crippen molar-refractivity contribution >= 4 is 23.5 Å². The molecule has 5 nitrogen and oxygen atoms in total. The quantitative estimate of drug-likeness (QED) is 0.771. The number of anilines is 1. The van der Waals surface area contributed by atoms with Gasteiger partial charge in [-0.05, 0) is 31.4 Å². The van der Waals surface area contributed by atoms with E-state index in [1.165, 1.54) is 0 Å². The fourth-order valence-electron chi connectivity index (χ4n) is 2.80. The Morgan fingerprint density at radius 2 is 2.20 bits per heavy atom. The number of benzene rings is 1. The normalized spacial score (nSPS) is 18.7. The Bertz CT molecular complexity index is 615. The van der Waals surface area contributed by atoms with Crippen LogP contribution in [0, 0.1) is 23.2 Å². The molecule has 1 aliphatic rings. The summed E-state index contributed by atoms with van der Waals surface area (Å²) in [4.78, 5) is 15.7. The summed E-state index contributed by atoms with van der Waals surface area (Å²) in [6, 6.07) is 10.0. The number of ether oxygens (including phenoxy) is 1. The van der Waals surface area contributed by atoms with Gasteiger partial charge < -0.3 is 15.0 Å². The third kappa shape index (κ3) is 5.94. The van der Waals surface area contributed by atoms with Crippen LogP contribution in [-0.2, 0) is 4.74 Å². The Morgan fingerprint density at radius 3 is 2.92 bits per heavy atom. The van der Waals surface area contributed by atoms with Crippen molar-refractivity contribution in [1.82, 2.24) is 4.90 Å². The minimum Gasteiger partial charge on any atom is -0.377 e. The Hall–Kier alpha value is -1.71. The van der Waals surface area contributed by atoms with Crippen molar-refractivity contribution < 1.29 is 9.53 Å². The molecular formula is C19H27N3O2S. The molecule has 0 spiro atoms. The first-order valence-corrected chi connectivity index (χ1v) is 9.76. The van der Waals surface area contributed by atoms with Crippen molar-refractivity contribution in [3.05, 3.63) is 24.3 Å². The molecule has 0 aliphatic carbocycles. The maximum absolute atomic E-state index is 12.8. The van der Waals surface area contributed by atoms with E-state index in [1.807, 2.05) is 36.1 Å². The maximum Gasteiger partial charge on any atom is 0.322 e. The number of nitrogens with one attached hydrogen (secondary N) is 1. The first-order valence-electron chi connectivity index (χ1n) is 8.78. The second kappa shape index (κ2) is 9.69. The molecule has 2 unspecified atom stereocenters. The number of rotatable bonds is 6. The van der Waals surface area contributed by atoms with Gasteiger partial charge in [0, 0.05) is 17.2 Å². The second-order valence-electron chi connectivity index (χ2n) is 6.82. The number of nitrogens with zero attached hydrogens (tertiary/aromatic N) is 2. The lowest BCUT2D eigenvalue weighted by molar-refractivity contribution is 0.00856. The number of urea groups is 1. The zero-order valence-electron chi connectivity index (χ0n) is 15.2. The molecule has 1 heterocycles. The lowest BCUT2D eigenvalue weighted by atomic mass is 10.0. The van der Waals surface area contributed by atoms with E-state index in [9.17, 15) is 4.79 Å². The molecule has 1 aliphatic heterocycles. The number of carbonyl (C=O) groups is 1. The number of thioether (sulfide) groups is 1. The minimum absolute atomic E-state index is 0.0246. The van der Waals surface area contributed by atoms with Crippen LogP contribution in [-0.4, -0.2) is 42.5 Å². The van der Waals surface area contributed by atoms with Crippen LogP contribution in [0.2, 0.25) is 0 Å². The van der Waals surface area contributed by atoms with Crippen LogP contribution >= 0.6 is 11.8 Å². The van der Waals surface area contributed by atoms with Gasteiger partial charge in [-0.2, -0.15) is 5.26 Å². The van der Waals surface area contributed by atoms with Crippen LogP contribution in [0.3, 0.4) is 0 Å². The summed E-state index contributed by atoms with van der Waals surface area (Å²) in [5.74, 6) is 1.19. The molecule has 25 heavy (non-hydrogen) atoms. The highest BCUT2D eigenvalue weighted by atomic mass is 32.2. The molecule has 2 amide bonds. The predicted octanol–water partition coefficient (Wildman–Crippen LogP) is 4.22. The summed E-state index contributed by atoms with van der Waals surface area (Å²) in [5, 5.41) is 12.0. The summed E-state index contributed by atoms with van der Waals surface area (Å²) >= 11 is 1.60. The first kappa shape index (κ1) is 19.6. The van der Waals surface area contributed by atoms with Gasteiger partial charge in [-0.1, -0.05) is 26.0 Å². The summed E-state index contributed by atoms with van der Waals surface area (Å²) in [6.07, 6.45) is 0.934. The predicted molar refractivity (Wildman–Crippen MR) is 102 cm³/mol. The van der Waals surface area contributed by atoms with Gasteiger partial charge in [-0.25, -0.2) is 4.79 Å². The van der Waals surface area contributed by atoms with Gasteiger partial charge in [-0.3, -0.25) is 0 Å². The highest BCUT2D eigenvalue weighted by molar-refractivity contribution is 7.99. The van der Waals surface area contributed by atoms with E-state index in [0.717, 1.165) is 17.0 Å². The molecule has 0 saturated carbocycles. The van der Waals surface area contributed by atoms with Gasteiger partial charge in [0.15, 0.2) is 0 Å². The molecule has 6 heteroatoms. The highest BCUT2D eigenvalue weighted by Gasteiger charge is 2.28. The Balaban J connectivity index is 2.05. The van der Waals surface area contributed by atoms with E-state index in [0.29, 0.717) is 31.4 Å². The third-order valence-electron chi connectivity index (χ3n) is 4.07. The molecule has 0 radical (unpaired) electrons. The number of morpholine rings is 1. The second-order valence-corrected chi connectivity index (χ2v) is 7.88. The van der Waals surface area contributed by atoms with Crippen molar-refractivity contribution in [2.75, 3.05) is 30.8 Å². The van der Waals surface area contributed by atoms with Crippen molar-refractivity contribution in [1.29, 1.82) is 5.26 Å². The zero-order valence-corrected chi connectivity index (χ0v) is 16.0. The molecule has 0 bridgehead atoms. The molecule has 1 aromatic rings. The zero-order chi connectivity index (χ0) is 18.2. The Labute approximate surface area is 154 Å². The van der Waals surface area contributed by atoms with E-state index in [-0.39, 0.29) is 18.0 Å². The van der Waals surface area contributed by atoms with E-state index < -0.39 is 0 Å². The van der Waals surface area contributed by atoms with Crippen molar-refractivity contribution in [2.24, 2.45) is 11.8 Å². The van der Waals surface area contributed by atoms with E-state index in [4.69, 9.17) is 10.00 Å². The monoisotopic (exact) mass is 361 g/mol. The summed E-state index contributed by atoms with van der Waals surface area (Å²) in [7, 11) is 0. The van der Waals surface area contributed by atoms with Gasteiger partial charge >= 0.3 is 6.03 Å². The lowest BCUT2D eigenvalue weighted by Gasteiger charge is -2.36. The maximum atomic E-state index is 12.8. The third-order valence-corrected chi connectivity index (χ3v) is 5.40. The summed E-state index contributed by atoms with van der Waals surface area (Å²) in [6.45, 7) is 8.02. The van der Waals surface area contributed by atoms with Crippen LogP contribution < -0.4 is 5.32 Å². The SMILES string of the molecule is CC(C)CC1COCCN1C(=O)Nc1ccccc1SCC(C)C#N. The van der Waals surface area contributed by atoms with E-state index in [1.54, 1.807) is 11.8 Å². The average molecular weight is 362 g/mol. The highest BCUT2D eigenvalue weighted by Crippen LogP contribution is 2.29. The fourth-order valence-corrected chi connectivity index (χ4v) is 3.75. The molecular weight excluding hydrogens is 334 g/mol. The summed E-state index contributed by atoms with van der Waals surface area (Å²) in [5.41, 5.74) is 0.803. The minimum atomic E-state index is -0.0738. The number of hydrogen-bond donors (Lipinski definition) is 1. The van der Waals surface area contributed by atoms with Crippen LogP contribution in [0.5, 0.6) is 0 Å². The molecule has 2 rings (SSSR count). The Morgan fingerprint density at radius 1 is 1.44 bits per heavy atom. The van der Waals surface area contributed by atoms with Crippen LogP contribution in [0.15, 0.2) is 29.2 Å². The van der Waals surface area contributed by atoms with Crippen molar-refractivity contribution in [2.45, 2.75) is 38.1 Å². The van der Waals surface area contributed by atoms with Crippen LogP contribution in [0.4, 0.5) is 10.5 Å². The molecule has 1 saturated heterocycles. The standard InChI is InChI=1S/C19H27N3O2S/c1-14(2)10-16-12-24-9-8-22(16)19(23)21-17-6-4-5-7-18(17)25-13-15(3)11-20/h4-7,14-16H,8-10,12-13H2,1-3H3,(H,21,23). The largest absolute Gasteiger partial charge is 0.377 e. The summed E-state index contributed by atoms with van der Waals surface area (Å²) < 4.78 is 5.56. The topological polar surface area (TPSA) is 65.4 Å². The molecule has 0 aromatic heterocycles. The van der Waals surface area contributed by atoms with E-state index >= 15 is 0 Å². The van der Waals surface area contributed by atoms with Gasteiger partial charge in [0.2, 0.25) is 0 Å². The smallest absolute Gasteiger partial charge is 0.322 e. The van der Waals surface area contributed by atoms with Gasteiger partial charge in [0.1, 0.15) is 0 Å². The van der Waals surface area contributed by atoms with Crippen molar-refractivity contribution in [3.63, 3.8) is 0 Å². The average Bonchev–Trinajstić information content (AvgIpc) is 2.60. The molecule has 136 valence electrons. The first-order chi connectivity index (χ1) is 12.0. The number of amides is 2. The number of nitriles is 1. The molecule has 1 aromatic carbocycles. The van der Waals surface area contributed by atoms with Gasteiger partial charge in [0.05, 0.1) is 36.9 Å². The van der Waals surface area contributed by atoms with Crippen molar-refractivity contribution in [3.8, 4) is 6.07 Å². The van der Waals surface area contributed by atoms with Crippen LogP contribution in [0.1, 0.15) is 27.2 Å². The molecule has 1 fully saturated rings. The van der Waals surface area contributed by atoms with Crippen LogP contribution in [0.25, 0.3) is 0 Å². The fraction of sp³-hybridized carbons (Fsp3) is 0.579. The number of carbonyl (C=O) groups excluding carboxylic acids is 1. The van der Waals surface area contributed by atoms with E-state index in [2.05, 4.69) is 25.2 Å². The number of para-hydroxylation sites is 1. The van der Waals surface area contributed by atoms with Gasteiger partial charge in [-0.15, -0.1) is 11.8 Å². The Kier molecular flexibility index (Phi) is 7.60.